The molecule has 0 amide bonds. The molecule has 0 fully saturated rings. The molecule has 104 valence electrons. The molecule has 1 aromatic carbocycles. The van der Waals surface area contributed by atoms with Crippen LogP contribution in [0.15, 0.2) is 29.1 Å². The second kappa shape index (κ2) is 5.17. The second-order valence-corrected chi connectivity index (χ2v) is 5.17. The van der Waals surface area contributed by atoms with Crippen LogP contribution in [0.2, 0.25) is 0 Å². The largest absolute Gasteiger partial charge is 0.311 e. The molecule has 1 N–H and O–H groups in total. The Balaban J connectivity index is 1.80. The molecule has 5 heteroatoms. The number of hydrogen-bond acceptors (Lipinski definition) is 3. The van der Waals surface area contributed by atoms with Gasteiger partial charge in [0.2, 0.25) is 0 Å². The van der Waals surface area contributed by atoms with Gasteiger partial charge in [0.05, 0.1) is 5.69 Å². The van der Waals surface area contributed by atoms with Crippen LogP contribution in [-0.2, 0) is 19.5 Å². The SMILES string of the molecule is Cc1nc2c(c(=O)[nH]1)CCN(Cc1cccc(F)c1)C2. The predicted molar refractivity (Wildman–Crippen MR) is 73.8 cm³/mol. The Morgan fingerprint density at radius 3 is 3.10 bits per heavy atom. The van der Waals surface area contributed by atoms with Gasteiger partial charge in [0, 0.05) is 25.2 Å². The van der Waals surface area contributed by atoms with Crippen LogP contribution in [0.4, 0.5) is 4.39 Å². The summed E-state index contributed by atoms with van der Waals surface area (Å²) in [5.41, 5.74) is 2.54. The minimum Gasteiger partial charge on any atom is -0.311 e. The maximum atomic E-state index is 13.2. The quantitative estimate of drug-likeness (QED) is 0.907. The number of hydrogen-bond donors (Lipinski definition) is 1. The highest BCUT2D eigenvalue weighted by Gasteiger charge is 2.20. The van der Waals surface area contributed by atoms with Crippen LogP contribution in [0, 0.1) is 12.7 Å². The summed E-state index contributed by atoms with van der Waals surface area (Å²) in [7, 11) is 0. The van der Waals surface area contributed by atoms with E-state index in [0.717, 1.165) is 23.4 Å². The van der Waals surface area contributed by atoms with Crippen LogP contribution < -0.4 is 5.56 Å². The van der Waals surface area contributed by atoms with Gasteiger partial charge in [-0.2, -0.15) is 0 Å². The monoisotopic (exact) mass is 273 g/mol. The number of aromatic amines is 1. The molecule has 0 radical (unpaired) electrons. The molecule has 1 aliphatic heterocycles. The van der Waals surface area contributed by atoms with Gasteiger partial charge in [-0.3, -0.25) is 9.69 Å². The highest BCUT2D eigenvalue weighted by Crippen LogP contribution is 2.16. The van der Waals surface area contributed by atoms with Crippen molar-refractivity contribution in [2.75, 3.05) is 6.54 Å². The van der Waals surface area contributed by atoms with Crippen molar-refractivity contribution in [3.63, 3.8) is 0 Å². The van der Waals surface area contributed by atoms with Gasteiger partial charge >= 0.3 is 0 Å². The highest BCUT2D eigenvalue weighted by molar-refractivity contribution is 5.22. The fourth-order valence-electron chi connectivity index (χ4n) is 2.65. The van der Waals surface area contributed by atoms with Gasteiger partial charge in [-0.05, 0) is 31.0 Å². The first-order valence-electron chi connectivity index (χ1n) is 6.67. The van der Waals surface area contributed by atoms with Crippen molar-refractivity contribution in [1.82, 2.24) is 14.9 Å². The molecule has 20 heavy (non-hydrogen) atoms. The van der Waals surface area contributed by atoms with Crippen LogP contribution >= 0.6 is 0 Å². The Bertz CT molecular complexity index is 696. The van der Waals surface area contributed by atoms with Crippen molar-refractivity contribution in [2.24, 2.45) is 0 Å². The maximum Gasteiger partial charge on any atom is 0.254 e. The topological polar surface area (TPSA) is 49.0 Å². The lowest BCUT2D eigenvalue weighted by Crippen LogP contribution is -2.35. The molecule has 0 unspecified atom stereocenters. The third kappa shape index (κ3) is 2.63. The van der Waals surface area contributed by atoms with Crippen molar-refractivity contribution < 1.29 is 4.39 Å². The number of aryl methyl sites for hydroxylation is 1. The first-order chi connectivity index (χ1) is 9.61. The molecular weight excluding hydrogens is 257 g/mol. The molecular formula is C15H16FN3O. The molecule has 2 heterocycles. The van der Waals surface area contributed by atoms with Crippen molar-refractivity contribution in [1.29, 1.82) is 0 Å². The van der Waals surface area contributed by atoms with Crippen LogP contribution in [-0.4, -0.2) is 21.4 Å². The summed E-state index contributed by atoms with van der Waals surface area (Å²) in [4.78, 5) is 21.2. The normalized spacial score (nSPS) is 15.1. The van der Waals surface area contributed by atoms with Crippen molar-refractivity contribution in [3.8, 4) is 0 Å². The van der Waals surface area contributed by atoms with E-state index in [4.69, 9.17) is 0 Å². The summed E-state index contributed by atoms with van der Waals surface area (Å²) in [5, 5.41) is 0. The Morgan fingerprint density at radius 1 is 1.45 bits per heavy atom. The van der Waals surface area contributed by atoms with Gasteiger partial charge in [-0.1, -0.05) is 12.1 Å². The zero-order valence-corrected chi connectivity index (χ0v) is 11.3. The number of rotatable bonds is 2. The first-order valence-corrected chi connectivity index (χ1v) is 6.67. The number of nitrogens with zero attached hydrogens (tertiary/aromatic N) is 2. The number of fused-ring (bicyclic) bond motifs is 1. The van der Waals surface area contributed by atoms with E-state index in [2.05, 4.69) is 14.9 Å². The third-order valence-corrected chi connectivity index (χ3v) is 3.57. The second-order valence-electron chi connectivity index (χ2n) is 5.17. The molecule has 0 saturated heterocycles. The molecule has 0 atom stereocenters. The smallest absolute Gasteiger partial charge is 0.254 e. The van der Waals surface area contributed by atoms with Crippen LogP contribution in [0.5, 0.6) is 0 Å². The van der Waals surface area contributed by atoms with E-state index in [9.17, 15) is 9.18 Å². The lowest BCUT2D eigenvalue weighted by molar-refractivity contribution is 0.240. The molecule has 1 aromatic heterocycles. The van der Waals surface area contributed by atoms with Crippen molar-refractivity contribution in [3.05, 3.63) is 63.1 Å². The van der Waals surface area contributed by atoms with Crippen LogP contribution in [0.25, 0.3) is 0 Å². The van der Waals surface area contributed by atoms with E-state index >= 15 is 0 Å². The molecule has 2 aromatic rings. The van der Waals surface area contributed by atoms with E-state index in [1.54, 1.807) is 19.1 Å². The summed E-state index contributed by atoms with van der Waals surface area (Å²) >= 11 is 0. The zero-order chi connectivity index (χ0) is 14.1. The summed E-state index contributed by atoms with van der Waals surface area (Å²) in [6.45, 7) is 3.88. The summed E-state index contributed by atoms with van der Waals surface area (Å²) < 4.78 is 13.2. The molecule has 4 nitrogen and oxygen atoms in total. The van der Waals surface area contributed by atoms with Gasteiger partial charge in [0.25, 0.3) is 5.56 Å². The lowest BCUT2D eigenvalue weighted by Gasteiger charge is -2.27. The number of aromatic nitrogens is 2. The average molecular weight is 273 g/mol. The fourth-order valence-corrected chi connectivity index (χ4v) is 2.65. The van der Waals surface area contributed by atoms with Gasteiger partial charge in [-0.15, -0.1) is 0 Å². The number of H-pyrrole nitrogens is 1. The minimum absolute atomic E-state index is 0.0297. The maximum absolute atomic E-state index is 13.2. The number of halogens is 1. The average Bonchev–Trinajstić information content (AvgIpc) is 2.38. The van der Waals surface area contributed by atoms with E-state index in [-0.39, 0.29) is 11.4 Å². The first kappa shape index (κ1) is 13.0. The number of benzene rings is 1. The third-order valence-electron chi connectivity index (χ3n) is 3.57. The van der Waals surface area contributed by atoms with Gasteiger partial charge in [0.15, 0.2) is 0 Å². The predicted octanol–water partition coefficient (Wildman–Crippen LogP) is 1.78. The van der Waals surface area contributed by atoms with Gasteiger partial charge in [0.1, 0.15) is 11.6 Å². The molecule has 0 bridgehead atoms. The van der Waals surface area contributed by atoms with Crippen LogP contribution in [0.1, 0.15) is 22.6 Å². The molecule has 1 aliphatic rings. The molecule has 0 saturated carbocycles. The number of nitrogens with one attached hydrogen (secondary N) is 1. The van der Waals surface area contributed by atoms with E-state index in [1.165, 1.54) is 6.07 Å². The highest BCUT2D eigenvalue weighted by atomic mass is 19.1. The van der Waals surface area contributed by atoms with E-state index in [1.807, 2.05) is 6.07 Å². The molecule has 0 aliphatic carbocycles. The van der Waals surface area contributed by atoms with E-state index < -0.39 is 0 Å². The minimum atomic E-state index is -0.217. The Labute approximate surface area is 116 Å². The Kier molecular flexibility index (Phi) is 3.36. The molecule has 3 rings (SSSR count). The van der Waals surface area contributed by atoms with Gasteiger partial charge in [-0.25, -0.2) is 9.37 Å². The lowest BCUT2D eigenvalue weighted by atomic mass is 10.1. The van der Waals surface area contributed by atoms with Gasteiger partial charge < -0.3 is 4.98 Å². The van der Waals surface area contributed by atoms with Crippen molar-refractivity contribution >= 4 is 0 Å². The fraction of sp³-hybridized carbons (Fsp3) is 0.333. The Morgan fingerprint density at radius 2 is 2.30 bits per heavy atom. The summed E-state index contributed by atoms with van der Waals surface area (Å²) in [6, 6.07) is 6.62. The zero-order valence-electron chi connectivity index (χ0n) is 11.3. The summed E-state index contributed by atoms with van der Waals surface area (Å²) in [5.74, 6) is 0.423. The van der Waals surface area contributed by atoms with E-state index in [0.29, 0.717) is 25.3 Å². The van der Waals surface area contributed by atoms with Crippen LogP contribution in [0.3, 0.4) is 0 Å². The summed E-state index contributed by atoms with van der Waals surface area (Å²) in [6.07, 6.45) is 0.688. The van der Waals surface area contributed by atoms with Crippen molar-refractivity contribution in [2.45, 2.75) is 26.4 Å². The molecule has 0 spiro atoms. The standard InChI is InChI=1S/C15H16FN3O/c1-10-17-14-9-19(6-5-13(14)15(20)18-10)8-11-3-2-4-12(16)7-11/h2-4,7H,5-6,8-9H2,1H3,(H,17,18,20). The Hall–Kier alpha value is -2.01.